The Morgan fingerprint density at radius 1 is 1.62 bits per heavy atom. The molecule has 4 heteroatoms. The minimum absolute atomic E-state index is 0.0168. The van der Waals surface area contributed by atoms with Gasteiger partial charge in [-0.05, 0) is 6.07 Å². The largest absolute Gasteiger partial charge is 0.383 e. The molecule has 0 saturated carbocycles. The van der Waals surface area contributed by atoms with Gasteiger partial charge in [-0.2, -0.15) is 0 Å². The number of allylic oxidation sites excluding steroid dienone is 1. The summed E-state index contributed by atoms with van der Waals surface area (Å²) in [6.07, 6.45) is 3.24. The summed E-state index contributed by atoms with van der Waals surface area (Å²) in [5.74, 6) is -0.0168. The van der Waals surface area contributed by atoms with Crippen molar-refractivity contribution in [2.45, 2.75) is 0 Å². The van der Waals surface area contributed by atoms with Gasteiger partial charge in [0.1, 0.15) is 0 Å². The van der Waals surface area contributed by atoms with Gasteiger partial charge >= 0.3 is 0 Å². The van der Waals surface area contributed by atoms with E-state index < -0.39 is 0 Å². The van der Waals surface area contributed by atoms with E-state index in [1.54, 1.807) is 17.6 Å². The highest BCUT2D eigenvalue weighted by Crippen LogP contribution is 2.20. The average molecular weight is 216 g/mol. The van der Waals surface area contributed by atoms with Crippen molar-refractivity contribution in [1.82, 2.24) is 4.90 Å². The Labute approximate surface area is 86.4 Å². The predicted molar refractivity (Wildman–Crippen MR) is 56.5 cm³/mol. The first kappa shape index (κ1) is 10.3. The van der Waals surface area contributed by atoms with Gasteiger partial charge in [-0.15, -0.1) is 11.3 Å². The lowest BCUT2D eigenvalue weighted by Crippen LogP contribution is -2.02. The van der Waals surface area contributed by atoms with Gasteiger partial charge in [0, 0.05) is 37.3 Å². The zero-order valence-electron chi connectivity index (χ0n) is 7.45. The first-order valence-corrected chi connectivity index (χ1v) is 4.98. The van der Waals surface area contributed by atoms with Crippen LogP contribution in [0.2, 0.25) is 4.34 Å². The first-order chi connectivity index (χ1) is 6.09. The van der Waals surface area contributed by atoms with Gasteiger partial charge in [0.2, 0.25) is 0 Å². The fraction of sp³-hybridized carbons (Fsp3) is 0.222. The van der Waals surface area contributed by atoms with E-state index in [1.807, 2.05) is 19.0 Å². The summed E-state index contributed by atoms with van der Waals surface area (Å²) in [6, 6.07) is 1.68. The Hall–Kier alpha value is -0.800. The van der Waals surface area contributed by atoms with Crippen LogP contribution in [0, 0.1) is 0 Å². The van der Waals surface area contributed by atoms with Crippen LogP contribution in [-0.2, 0) is 0 Å². The molecule has 0 spiro atoms. The molecule has 0 atom stereocenters. The molecule has 0 amide bonds. The van der Waals surface area contributed by atoms with E-state index in [2.05, 4.69) is 0 Å². The molecule has 0 aliphatic carbocycles. The van der Waals surface area contributed by atoms with Gasteiger partial charge in [-0.25, -0.2) is 0 Å². The maximum atomic E-state index is 11.4. The van der Waals surface area contributed by atoms with Crippen molar-refractivity contribution < 1.29 is 4.79 Å². The average Bonchev–Trinajstić information content (AvgIpc) is 2.47. The summed E-state index contributed by atoms with van der Waals surface area (Å²) in [7, 11) is 3.73. The monoisotopic (exact) mass is 215 g/mol. The fourth-order valence-electron chi connectivity index (χ4n) is 0.752. The Bertz CT molecular complexity index is 330. The number of nitrogens with zero attached hydrogens (tertiary/aromatic N) is 1. The number of ketones is 1. The molecule has 0 unspecified atom stereocenters. The molecule has 0 N–H and O–H groups in total. The minimum atomic E-state index is -0.0168. The van der Waals surface area contributed by atoms with Gasteiger partial charge in [-0.3, -0.25) is 4.79 Å². The lowest BCUT2D eigenvalue weighted by molar-refractivity contribution is 0.104. The fourth-order valence-corrected chi connectivity index (χ4v) is 1.62. The molecule has 0 aliphatic heterocycles. The van der Waals surface area contributed by atoms with Crippen LogP contribution in [0.3, 0.4) is 0 Å². The number of halogens is 1. The summed E-state index contributed by atoms with van der Waals surface area (Å²) in [4.78, 5) is 13.2. The molecule has 2 nitrogen and oxygen atoms in total. The van der Waals surface area contributed by atoms with E-state index in [9.17, 15) is 4.79 Å². The Balaban J connectivity index is 2.69. The number of carbonyl (C=O) groups excluding carboxylic acids is 1. The van der Waals surface area contributed by atoms with Crippen LogP contribution in [0.15, 0.2) is 23.7 Å². The molecule has 0 aliphatic rings. The molecular formula is C9H10ClNOS. The second kappa shape index (κ2) is 4.44. The number of carbonyl (C=O) groups is 1. The van der Waals surface area contributed by atoms with E-state index >= 15 is 0 Å². The number of hydrogen-bond acceptors (Lipinski definition) is 3. The summed E-state index contributed by atoms with van der Waals surface area (Å²) in [6.45, 7) is 0. The van der Waals surface area contributed by atoms with Crippen LogP contribution in [0.4, 0.5) is 0 Å². The van der Waals surface area contributed by atoms with Gasteiger partial charge in [0.25, 0.3) is 0 Å². The van der Waals surface area contributed by atoms with Crippen LogP contribution >= 0.6 is 22.9 Å². The van der Waals surface area contributed by atoms with E-state index in [0.29, 0.717) is 9.90 Å². The number of thiophene rings is 1. The molecule has 1 aromatic heterocycles. The van der Waals surface area contributed by atoms with Crippen molar-refractivity contribution in [2.75, 3.05) is 14.1 Å². The molecule has 13 heavy (non-hydrogen) atoms. The smallest absolute Gasteiger partial charge is 0.188 e. The highest BCUT2D eigenvalue weighted by molar-refractivity contribution is 7.14. The van der Waals surface area contributed by atoms with E-state index in [4.69, 9.17) is 11.6 Å². The topological polar surface area (TPSA) is 20.3 Å². The molecule has 1 heterocycles. The third kappa shape index (κ3) is 3.20. The summed E-state index contributed by atoms with van der Waals surface area (Å²) >= 11 is 7.06. The zero-order chi connectivity index (χ0) is 9.84. The number of rotatable bonds is 3. The molecular weight excluding hydrogens is 206 g/mol. The van der Waals surface area contributed by atoms with Gasteiger partial charge in [0.15, 0.2) is 5.78 Å². The molecule has 1 aromatic rings. The van der Waals surface area contributed by atoms with Crippen LogP contribution in [-0.4, -0.2) is 24.8 Å². The van der Waals surface area contributed by atoms with Crippen LogP contribution in [0.5, 0.6) is 0 Å². The molecule has 0 radical (unpaired) electrons. The minimum Gasteiger partial charge on any atom is -0.383 e. The SMILES string of the molecule is CN(C)/C=C/C(=O)c1csc(Cl)c1. The van der Waals surface area contributed by atoms with Crippen molar-refractivity contribution in [3.05, 3.63) is 33.6 Å². The molecule has 0 saturated heterocycles. The van der Waals surface area contributed by atoms with Crippen LogP contribution in [0.25, 0.3) is 0 Å². The van der Waals surface area contributed by atoms with Crippen LogP contribution < -0.4 is 0 Å². The second-order valence-electron chi connectivity index (χ2n) is 2.78. The molecule has 1 rings (SSSR count). The molecule has 0 aromatic carbocycles. The molecule has 70 valence electrons. The first-order valence-electron chi connectivity index (χ1n) is 3.72. The summed E-state index contributed by atoms with van der Waals surface area (Å²) in [5.41, 5.74) is 0.646. The standard InChI is InChI=1S/C9H10ClNOS/c1-11(2)4-3-8(12)7-5-9(10)13-6-7/h3-6H,1-2H3/b4-3+. The summed E-state index contributed by atoms with van der Waals surface area (Å²) < 4.78 is 0.640. The maximum absolute atomic E-state index is 11.4. The van der Waals surface area contributed by atoms with Gasteiger partial charge in [0.05, 0.1) is 4.34 Å². The van der Waals surface area contributed by atoms with Gasteiger partial charge < -0.3 is 4.90 Å². The molecule has 0 fully saturated rings. The van der Waals surface area contributed by atoms with Crippen molar-refractivity contribution in [3.63, 3.8) is 0 Å². The quantitative estimate of drug-likeness (QED) is 0.571. The van der Waals surface area contributed by atoms with Crippen LogP contribution in [0.1, 0.15) is 10.4 Å². The number of hydrogen-bond donors (Lipinski definition) is 0. The lowest BCUT2D eigenvalue weighted by atomic mass is 10.2. The normalized spacial score (nSPS) is 10.7. The maximum Gasteiger partial charge on any atom is 0.188 e. The van der Waals surface area contributed by atoms with E-state index in [-0.39, 0.29) is 5.78 Å². The summed E-state index contributed by atoms with van der Waals surface area (Å²) in [5, 5.41) is 1.75. The zero-order valence-corrected chi connectivity index (χ0v) is 9.02. The Morgan fingerprint density at radius 3 is 2.77 bits per heavy atom. The van der Waals surface area contributed by atoms with E-state index in [0.717, 1.165) is 0 Å². The van der Waals surface area contributed by atoms with E-state index in [1.165, 1.54) is 17.4 Å². The predicted octanol–water partition coefficient (Wildman–Crippen LogP) is 2.66. The molecule has 0 bridgehead atoms. The highest BCUT2D eigenvalue weighted by Gasteiger charge is 2.03. The highest BCUT2D eigenvalue weighted by atomic mass is 35.5. The Morgan fingerprint density at radius 2 is 2.31 bits per heavy atom. The van der Waals surface area contributed by atoms with Crippen molar-refractivity contribution >= 4 is 28.7 Å². The lowest BCUT2D eigenvalue weighted by Gasteiger charge is -2.01. The van der Waals surface area contributed by atoms with Crippen molar-refractivity contribution in [3.8, 4) is 0 Å². The van der Waals surface area contributed by atoms with Gasteiger partial charge in [-0.1, -0.05) is 11.6 Å². The van der Waals surface area contributed by atoms with Crippen molar-refractivity contribution in [2.24, 2.45) is 0 Å². The Kier molecular flexibility index (Phi) is 3.51. The second-order valence-corrected chi connectivity index (χ2v) is 4.33. The third-order valence-corrected chi connectivity index (χ3v) is 2.47. The third-order valence-electron chi connectivity index (χ3n) is 1.38. The van der Waals surface area contributed by atoms with Crippen molar-refractivity contribution in [1.29, 1.82) is 0 Å².